The highest BCUT2D eigenvalue weighted by atomic mass is 16.4. The second kappa shape index (κ2) is 7.47. The molecule has 20 heavy (non-hydrogen) atoms. The minimum atomic E-state index is -1.02. The summed E-state index contributed by atoms with van der Waals surface area (Å²) in [4.78, 5) is 11.3. The van der Waals surface area contributed by atoms with Crippen molar-refractivity contribution in [1.82, 2.24) is 0 Å². The molecule has 0 spiro atoms. The van der Waals surface area contributed by atoms with Crippen LogP contribution in [0.2, 0.25) is 0 Å². The highest BCUT2D eigenvalue weighted by Crippen LogP contribution is 2.35. The molecule has 0 atom stereocenters. The van der Waals surface area contributed by atoms with E-state index in [9.17, 15) is 9.90 Å². The summed E-state index contributed by atoms with van der Waals surface area (Å²) in [6.45, 7) is 2.20. The third kappa shape index (κ3) is 3.84. The molecule has 0 N–H and O–H groups in total. The SMILES string of the molecule is CCCCCc1ccc(C([O])=O)c(C2CCCCC2)c1. The van der Waals surface area contributed by atoms with Gasteiger partial charge in [-0.3, -0.25) is 0 Å². The minimum Gasteiger partial charge on any atom is -0.241 e. The summed E-state index contributed by atoms with van der Waals surface area (Å²) >= 11 is 0. The molecule has 1 aliphatic carbocycles. The quantitative estimate of drug-likeness (QED) is 0.669. The van der Waals surface area contributed by atoms with Gasteiger partial charge in [0.2, 0.25) is 0 Å². The predicted molar refractivity (Wildman–Crippen MR) is 80.5 cm³/mol. The summed E-state index contributed by atoms with van der Waals surface area (Å²) in [5.74, 6) is -0.603. The van der Waals surface area contributed by atoms with Crippen LogP contribution in [0, 0.1) is 0 Å². The number of benzene rings is 1. The second-order valence-electron chi connectivity index (χ2n) is 6.00. The van der Waals surface area contributed by atoms with Gasteiger partial charge in [0.05, 0.1) is 5.56 Å². The van der Waals surface area contributed by atoms with Gasteiger partial charge in [0.15, 0.2) is 0 Å². The fraction of sp³-hybridized carbons (Fsp3) is 0.611. The third-order valence-corrected chi connectivity index (χ3v) is 4.45. The summed E-state index contributed by atoms with van der Waals surface area (Å²) < 4.78 is 0. The lowest BCUT2D eigenvalue weighted by Crippen LogP contribution is -2.10. The van der Waals surface area contributed by atoms with Crippen molar-refractivity contribution in [2.75, 3.05) is 0 Å². The van der Waals surface area contributed by atoms with Gasteiger partial charge in [0, 0.05) is 0 Å². The molecule has 0 heterocycles. The highest BCUT2D eigenvalue weighted by Gasteiger charge is 2.22. The monoisotopic (exact) mass is 273 g/mol. The first-order valence-electron chi connectivity index (χ1n) is 8.06. The van der Waals surface area contributed by atoms with E-state index in [-0.39, 0.29) is 0 Å². The topological polar surface area (TPSA) is 37.0 Å². The van der Waals surface area contributed by atoms with Crippen molar-refractivity contribution in [3.63, 3.8) is 0 Å². The lowest BCUT2D eigenvalue weighted by atomic mass is 9.81. The molecule has 1 aliphatic rings. The Labute approximate surface area is 122 Å². The van der Waals surface area contributed by atoms with Gasteiger partial charge in [0.25, 0.3) is 0 Å². The van der Waals surface area contributed by atoms with Crippen LogP contribution in [0.5, 0.6) is 0 Å². The Morgan fingerprint density at radius 3 is 2.55 bits per heavy atom. The molecule has 1 aromatic carbocycles. The number of carbonyl (C=O) groups excluding carboxylic acids is 1. The third-order valence-electron chi connectivity index (χ3n) is 4.45. The number of rotatable bonds is 6. The van der Waals surface area contributed by atoms with E-state index in [4.69, 9.17) is 0 Å². The van der Waals surface area contributed by atoms with Crippen LogP contribution in [0.4, 0.5) is 0 Å². The zero-order valence-electron chi connectivity index (χ0n) is 12.5. The highest BCUT2D eigenvalue weighted by molar-refractivity contribution is 5.89. The Kier molecular flexibility index (Phi) is 5.63. The van der Waals surface area contributed by atoms with Crippen LogP contribution in [0.3, 0.4) is 0 Å². The largest absolute Gasteiger partial charge is 0.386 e. The minimum absolute atomic E-state index is 0.413. The van der Waals surface area contributed by atoms with Crippen molar-refractivity contribution >= 4 is 5.97 Å². The van der Waals surface area contributed by atoms with Gasteiger partial charge in [-0.05, 0) is 48.8 Å². The summed E-state index contributed by atoms with van der Waals surface area (Å²) in [5.41, 5.74) is 2.72. The molecule has 2 rings (SSSR count). The van der Waals surface area contributed by atoms with E-state index < -0.39 is 5.97 Å². The Balaban J connectivity index is 2.19. The molecule has 2 nitrogen and oxygen atoms in total. The Hall–Kier alpha value is -1.31. The van der Waals surface area contributed by atoms with Crippen LogP contribution in [0.15, 0.2) is 18.2 Å². The maximum atomic E-state index is 11.3. The first-order valence-corrected chi connectivity index (χ1v) is 8.06. The fourth-order valence-electron chi connectivity index (χ4n) is 3.28. The van der Waals surface area contributed by atoms with Crippen molar-refractivity contribution in [1.29, 1.82) is 0 Å². The average Bonchev–Trinajstić information content (AvgIpc) is 2.48. The zero-order chi connectivity index (χ0) is 14.4. The maximum absolute atomic E-state index is 11.3. The zero-order valence-corrected chi connectivity index (χ0v) is 12.5. The van der Waals surface area contributed by atoms with Crippen LogP contribution in [0.25, 0.3) is 0 Å². The Bertz CT molecular complexity index is 445. The lowest BCUT2D eigenvalue weighted by molar-refractivity contribution is 0.0571. The second-order valence-corrected chi connectivity index (χ2v) is 6.00. The standard InChI is InChI=1S/C18H25O2/c1-2-3-5-8-14-11-12-16(18(19)20)17(13-14)15-9-6-4-7-10-15/h11-13,15H,2-10H2,1H3. The van der Waals surface area contributed by atoms with Gasteiger partial charge in [-0.15, -0.1) is 0 Å². The van der Waals surface area contributed by atoms with Crippen LogP contribution >= 0.6 is 0 Å². The van der Waals surface area contributed by atoms with Gasteiger partial charge < -0.3 is 0 Å². The normalized spacial score (nSPS) is 16.2. The Morgan fingerprint density at radius 2 is 1.90 bits per heavy atom. The molecule has 1 saturated carbocycles. The van der Waals surface area contributed by atoms with Gasteiger partial charge in [-0.25, -0.2) is 9.90 Å². The van der Waals surface area contributed by atoms with Crippen molar-refractivity contribution in [3.05, 3.63) is 34.9 Å². The Morgan fingerprint density at radius 1 is 1.15 bits per heavy atom. The van der Waals surface area contributed by atoms with Crippen molar-refractivity contribution in [2.45, 2.75) is 70.6 Å². The van der Waals surface area contributed by atoms with Crippen molar-refractivity contribution in [2.24, 2.45) is 0 Å². The van der Waals surface area contributed by atoms with E-state index in [0.717, 1.165) is 24.8 Å². The van der Waals surface area contributed by atoms with E-state index in [0.29, 0.717) is 11.5 Å². The smallest absolute Gasteiger partial charge is 0.241 e. The summed E-state index contributed by atoms with van der Waals surface area (Å²) in [7, 11) is 0. The van der Waals surface area contributed by atoms with Gasteiger partial charge in [0.1, 0.15) is 0 Å². The average molecular weight is 273 g/mol. The van der Waals surface area contributed by atoms with Crippen molar-refractivity contribution in [3.8, 4) is 0 Å². The number of hydrogen-bond donors (Lipinski definition) is 0. The molecule has 2 heteroatoms. The first kappa shape index (κ1) is 15.1. The number of hydrogen-bond acceptors (Lipinski definition) is 1. The fourth-order valence-corrected chi connectivity index (χ4v) is 3.28. The van der Waals surface area contributed by atoms with E-state index in [1.807, 2.05) is 6.07 Å². The van der Waals surface area contributed by atoms with Crippen LogP contribution in [-0.4, -0.2) is 5.97 Å². The molecule has 0 saturated heterocycles. The van der Waals surface area contributed by atoms with Gasteiger partial charge in [-0.2, -0.15) is 0 Å². The number of aryl methyl sites for hydroxylation is 1. The molecule has 0 aliphatic heterocycles. The molecule has 0 unspecified atom stereocenters. The molecule has 1 radical (unpaired) electrons. The van der Waals surface area contributed by atoms with Gasteiger partial charge in [-0.1, -0.05) is 51.2 Å². The van der Waals surface area contributed by atoms with Crippen LogP contribution in [-0.2, 0) is 11.5 Å². The van der Waals surface area contributed by atoms with E-state index >= 15 is 0 Å². The summed E-state index contributed by atoms with van der Waals surface area (Å²) in [6, 6.07) is 5.87. The summed E-state index contributed by atoms with van der Waals surface area (Å²) in [5, 5.41) is 11.3. The number of unbranched alkanes of at least 4 members (excludes halogenated alkanes) is 2. The molecule has 1 fully saturated rings. The van der Waals surface area contributed by atoms with Crippen LogP contribution in [0.1, 0.15) is 85.7 Å². The van der Waals surface area contributed by atoms with E-state index in [1.54, 1.807) is 6.07 Å². The molecule has 109 valence electrons. The first-order chi connectivity index (χ1) is 9.72. The maximum Gasteiger partial charge on any atom is 0.386 e. The predicted octanol–water partition coefficient (Wildman–Crippen LogP) is 5.04. The van der Waals surface area contributed by atoms with Gasteiger partial charge >= 0.3 is 5.97 Å². The lowest BCUT2D eigenvalue weighted by Gasteiger charge is -2.23. The van der Waals surface area contributed by atoms with Crippen LogP contribution < -0.4 is 0 Å². The molecular weight excluding hydrogens is 248 g/mol. The molecule has 0 amide bonds. The van der Waals surface area contributed by atoms with E-state index in [2.05, 4.69) is 13.0 Å². The molecular formula is C18H25O2. The molecule has 0 aromatic heterocycles. The van der Waals surface area contributed by atoms with E-state index in [1.165, 1.54) is 44.1 Å². The molecule has 1 aromatic rings. The molecule has 0 bridgehead atoms. The number of carbonyl (C=O) groups is 1. The summed E-state index contributed by atoms with van der Waals surface area (Å²) in [6.07, 6.45) is 10.7. The van der Waals surface area contributed by atoms with Crippen molar-refractivity contribution < 1.29 is 9.90 Å².